The summed E-state index contributed by atoms with van der Waals surface area (Å²) < 4.78 is 1.13. The maximum absolute atomic E-state index is 5.96. The summed E-state index contributed by atoms with van der Waals surface area (Å²) in [4.78, 5) is 8.87. The van der Waals surface area contributed by atoms with Crippen LogP contribution in [0.15, 0.2) is 36.5 Å². The molecule has 0 aliphatic heterocycles. The predicted octanol–water partition coefficient (Wildman–Crippen LogP) is 4.27. The number of rotatable bonds is 3. The molecule has 0 fully saturated rings. The molecule has 3 aromatic rings. The van der Waals surface area contributed by atoms with Crippen molar-refractivity contribution in [2.75, 3.05) is 5.32 Å². The molecule has 3 rings (SSSR count). The number of nitrogens with one attached hydrogen (secondary N) is 1. The first-order valence-electron chi connectivity index (χ1n) is 5.93. The summed E-state index contributed by atoms with van der Waals surface area (Å²) in [6.07, 6.45) is 1.81. The lowest BCUT2D eigenvalue weighted by Crippen LogP contribution is -2.02. The smallest absolute Gasteiger partial charge is 0.184 e. The second-order valence-electron chi connectivity index (χ2n) is 4.25. The summed E-state index contributed by atoms with van der Waals surface area (Å²) in [5.41, 5.74) is 3.15. The third kappa shape index (κ3) is 2.69. The highest BCUT2D eigenvalue weighted by Gasteiger charge is 2.05. The zero-order valence-electron chi connectivity index (χ0n) is 10.4. The molecule has 1 N–H and O–H groups in total. The Hall–Kier alpha value is -1.65. The molecule has 0 saturated heterocycles. The van der Waals surface area contributed by atoms with Gasteiger partial charge in [0.15, 0.2) is 5.13 Å². The Labute approximate surface area is 120 Å². The Kier molecular flexibility index (Phi) is 3.36. The number of fused-ring (bicyclic) bond motifs is 1. The number of aryl methyl sites for hydroxylation is 1. The van der Waals surface area contributed by atoms with Crippen molar-refractivity contribution in [1.82, 2.24) is 9.97 Å². The zero-order chi connectivity index (χ0) is 13.2. The number of anilines is 1. The molecule has 0 atom stereocenters. The Morgan fingerprint density at radius 2 is 2.21 bits per heavy atom. The molecule has 0 unspecified atom stereocenters. The van der Waals surface area contributed by atoms with E-state index in [4.69, 9.17) is 11.6 Å². The van der Waals surface area contributed by atoms with E-state index in [1.165, 1.54) is 5.56 Å². The molecule has 0 aliphatic rings. The fourth-order valence-electron chi connectivity index (χ4n) is 1.84. The Balaban J connectivity index is 1.80. The number of halogens is 1. The van der Waals surface area contributed by atoms with E-state index in [9.17, 15) is 0 Å². The topological polar surface area (TPSA) is 37.8 Å². The average Bonchev–Trinajstić information content (AvgIpc) is 2.79. The van der Waals surface area contributed by atoms with Gasteiger partial charge in [0.1, 0.15) is 0 Å². The van der Waals surface area contributed by atoms with Gasteiger partial charge in [-0.2, -0.15) is 0 Å². The van der Waals surface area contributed by atoms with Crippen LogP contribution in [0.1, 0.15) is 11.3 Å². The van der Waals surface area contributed by atoms with Crippen LogP contribution in [-0.2, 0) is 6.54 Å². The standard InChI is InChI=1S/C14H12ClN3S/c1-9-3-2-6-16-12(9)8-17-14-18-11-7-10(15)4-5-13(11)19-14/h2-7H,8H2,1H3,(H,17,18). The normalized spacial score (nSPS) is 10.8. The van der Waals surface area contributed by atoms with Crippen LogP contribution >= 0.6 is 22.9 Å². The lowest BCUT2D eigenvalue weighted by atomic mass is 10.2. The van der Waals surface area contributed by atoms with E-state index in [-0.39, 0.29) is 0 Å². The first-order valence-corrected chi connectivity index (χ1v) is 7.12. The monoisotopic (exact) mass is 289 g/mol. The minimum atomic E-state index is 0.681. The van der Waals surface area contributed by atoms with Crippen molar-refractivity contribution in [2.24, 2.45) is 0 Å². The van der Waals surface area contributed by atoms with Crippen molar-refractivity contribution in [3.8, 4) is 0 Å². The zero-order valence-corrected chi connectivity index (χ0v) is 11.9. The van der Waals surface area contributed by atoms with Gasteiger partial charge in [-0.05, 0) is 36.8 Å². The molecular weight excluding hydrogens is 278 g/mol. The van der Waals surface area contributed by atoms with E-state index < -0.39 is 0 Å². The van der Waals surface area contributed by atoms with Gasteiger partial charge in [-0.15, -0.1) is 0 Å². The second kappa shape index (κ2) is 5.15. The quantitative estimate of drug-likeness (QED) is 0.782. The SMILES string of the molecule is Cc1cccnc1CNc1nc2cc(Cl)ccc2s1. The Bertz CT molecular complexity index is 724. The van der Waals surface area contributed by atoms with Crippen LogP contribution in [0.25, 0.3) is 10.2 Å². The van der Waals surface area contributed by atoms with E-state index in [2.05, 4.69) is 28.3 Å². The van der Waals surface area contributed by atoms with Gasteiger partial charge in [0, 0.05) is 11.2 Å². The van der Waals surface area contributed by atoms with Crippen LogP contribution in [0, 0.1) is 6.92 Å². The molecule has 0 radical (unpaired) electrons. The minimum absolute atomic E-state index is 0.681. The van der Waals surface area contributed by atoms with E-state index in [0.29, 0.717) is 11.6 Å². The highest BCUT2D eigenvalue weighted by Crippen LogP contribution is 2.28. The van der Waals surface area contributed by atoms with Crippen LogP contribution < -0.4 is 5.32 Å². The van der Waals surface area contributed by atoms with Gasteiger partial charge >= 0.3 is 0 Å². The van der Waals surface area contributed by atoms with Crippen molar-refractivity contribution in [3.05, 3.63) is 52.8 Å². The number of nitrogens with zero attached hydrogens (tertiary/aromatic N) is 2. The van der Waals surface area contributed by atoms with E-state index >= 15 is 0 Å². The number of thiazole rings is 1. The fraction of sp³-hybridized carbons (Fsp3) is 0.143. The fourth-order valence-corrected chi connectivity index (χ4v) is 2.85. The molecule has 0 spiro atoms. The predicted molar refractivity (Wildman–Crippen MR) is 80.9 cm³/mol. The van der Waals surface area contributed by atoms with E-state index in [0.717, 1.165) is 21.0 Å². The Morgan fingerprint density at radius 1 is 1.32 bits per heavy atom. The van der Waals surface area contributed by atoms with Crippen LogP contribution in [0.2, 0.25) is 5.02 Å². The average molecular weight is 290 g/mol. The van der Waals surface area contributed by atoms with Gasteiger partial charge in [-0.1, -0.05) is 29.0 Å². The van der Waals surface area contributed by atoms with Crippen molar-refractivity contribution in [3.63, 3.8) is 0 Å². The number of hydrogen-bond acceptors (Lipinski definition) is 4. The van der Waals surface area contributed by atoms with Crippen LogP contribution in [0.4, 0.5) is 5.13 Å². The van der Waals surface area contributed by atoms with E-state index in [1.54, 1.807) is 11.3 Å². The maximum Gasteiger partial charge on any atom is 0.184 e. The molecule has 0 aliphatic carbocycles. The molecule has 0 amide bonds. The highest BCUT2D eigenvalue weighted by molar-refractivity contribution is 7.22. The summed E-state index contributed by atoms with van der Waals surface area (Å²) in [7, 11) is 0. The van der Waals surface area contributed by atoms with Gasteiger partial charge < -0.3 is 5.32 Å². The van der Waals surface area contributed by atoms with Crippen molar-refractivity contribution in [1.29, 1.82) is 0 Å². The van der Waals surface area contributed by atoms with Crippen LogP contribution in [0.3, 0.4) is 0 Å². The largest absolute Gasteiger partial charge is 0.356 e. The molecule has 96 valence electrons. The van der Waals surface area contributed by atoms with Crippen LogP contribution in [-0.4, -0.2) is 9.97 Å². The number of pyridine rings is 1. The summed E-state index contributed by atoms with van der Waals surface area (Å²) in [6.45, 7) is 2.74. The minimum Gasteiger partial charge on any atom is -0.356 e. The third-order valence-electron chi connectivity index (χ3n) is 2.87. The summed E-state index contributed by atoms with van der Waals surface area (Å²) >= 11 is 7.58. The third-order valence-corrected chi connectivity index (χ3v) is 4.10. The maximum atomic E-state index is 5.96. The molecule has 5 heteroatoms. The summed E-state index contributed by atoms with van der Waals surface area (Å²) in [5.74, 6) is 0. The lowest BCUT2D eigenvalue weighted by Gasteiger charge is -2.04. The second-order valence-corrected chi connectivity index (χ2v) is 5.72. The highest BCUT2D eigenvalue weighted by atomic mass is 35.5. The van der Waals surface area contributed by atoms with E-state index in [1.807, 2.05) is 30.5 Å². The van der Waals surface area contributed by atoms with Gasteiger partial charge in [-0.3, -0.25) is 4.98 Å². The molecule has 0 bridgehead atoms. The lowest BCUT2D eigenvalue weighted by molar-refractivity contribution is 1.02. The Morgan fingerprint density at radius 3 is 3.05 bits per heavy atom. The molecular formula is C14H12ClN3S. The molecule has 19 heavy (non-hydrogen) atoms. The number of benzene rings is 1. The molecule has 3 nitrogen and oxygen atoms in total. The molecule has 2 aromatic heterocycles. The summed E-state index contributed by atoms with van der Waals surface area (Å²) in [6, 6.07) is 9.76. The molecule has 1 aromatic carbocycles. The van der Waals surface area contributed by atoms with Gasteiger partial charge in [0.25, 0.3) is 0 Å². The first kappa shape index (κ1) is 12.4. The van der Waals surface area contributed by atoms with Gasteiger partial charge in [0.05, 0.1) is 22.5 Å². The molecule has 0 saturated carbocycles. The summed E-state index contributed by atoms with van der Waals surface area (Å²) in [5, 5.41) is 4.92. The van der Waals surface area contributed by atoms with Gasteiger partial charge in [-0.25, -0.2) is 4.98 Å². The van der Waals surface area contributed by atoms with Gasteiger partial charge in [0.2, 0.25) is 0 Å². The number of aromatic nitrogens is 2. The van der Waals surface area contributed by atoms with Crippen LogP contribution in [0.5, 0.6) is 0 Å². The van der Waals surface area contributed by atoms with Crippen molar-refractivity contribution in [2.45, 2.75) is 13.5 Å². The molecule has 2 heterocycles. The van der Waals surface area contributed by atoms with Crippen molar-refractivity contribution >= 4 is 38.3 Å². The first-order chi connectivity index (χ1) is 9.22. The number of hydrogen-bond donors (Lipinski definition) is 1. The van der Waals surface area contributed by atoms with Crippen molar-refractivity contribution < 1.29 is 0 Å².